The van der Waals surface area contributed by atoms with E-state index in [4.69, 9.17) is 0 Å². The van der Waals surface area contributed by atoms with Crippen LogP contribution in [0.1, 0.15) is 35.3 Å². The Hall–Kier alpha value is -2.48. The average Bonchev–Trinajstić information content (AvgIpc) is 2.96. The lowest BCUT2D eigenvalue weighted by atomic mass is 10.1. The van der Waals surface area contributed by atoms with E-state index >= 15 is 0 Å². The van der Waals surface area contributed by atoms with E-state index in [2.05, 4.69) is 5.32 Å². The second kappa shape index (κ2) is 7.03. The summed E-state index contributed by atoms with van der Waals surface area (Å²) < 4.78 is 51.7. The first kappa shape index (κ1) is 18.3. The van der Waals surface area contributed by atoms with E-state index in [1.54, 1.807) is 25.1 Å². The third kappa shape index (κ3) is 3.70. The lowest BCUT2D eigenvalue weighted by Crippen LogP contribution is -2.28. The Kier molecular flexibility index (Phi) is 4.95. The Balaban J connectivity index is 1.78. The molecule has 2 aromatic rings. The highest BCUT2D eigenvalue weighted by atomic mass is 32.2. The Bertz CT molecular complexity index is 947. The quantitative estimate of drug-likeness (QED) is 0.887. The molecule has 1 saturated heterocycles. The van der Waals surface area contributed by atoms with Gasteiger partial charge in [0.1, 0.15) is 0 Å². The number of anilines is 1. The number of hydrogen-bond donors (Lipinski definition) is 1. The van der Waals surface area contributed by atoms with E-state index in [1.807, 2.05) is 0 Å². The zero-order valence-corrected chi connectivity index (χ0v) is 14.9. The first-order chi connectivity index (χ1) is 12.3. The molecule has 1 N–H and O–H groups in total. The summed E-state index contributed by atoms with van der Waals surface area (Å²) in [6.07, 6.45) is 0.548. The fourth-order valence-corrected chi connectivity index (χ4v) is 4.43. The SMILES string of the molecule is CC(NC(=O)c1cccc(N2CCCS2(=O)=O)c1)c1ccc(F)c(F)c1. The molecule has 0 bridgehead atoms. The molecule has 0 saturated carbocycles. The maximum absolute atomic E-state index is 13.3. The zero-order chi connectivity index (χ0) is 18.9. The first-order valence-corrected chi connectivity index (χ1v) is 9.75. The van der Waals surface area contributed by atoms with Crippen molar-refractivity contribution in [1.82, 2.24) is 5.32 Å². The molecule has 3 rings (SSSR count). The molecule has 26 heavy (non-hydrogen) atoms. The first-order valence-electron chi connectivity index (χ1n) is 8.14. The molecule has 1 heterocycles. The minimum Gasteiger partial charge on any atom is -0.346 e. The Labute approximate surface area is 150 Å². The van der Waals surface area contributed by atoms with E-state index in [1.165, 1.54) is 16.4 Å². The van der Waals surface area contributed by atoms with Gasteiger partial charge in [-0.05, 0) is 49.2 Å². The predicted octanol–water partition coefficient (Wildman–Crippen LogP) is 3.00. The maximum Gasteiger partial charge on any atom is 0.251 e. The molecule has 1 aliphatic heterocycles. The van der Waals surface area contributed by atoms with Crippen LogP contribution >= 0.6 is 0 Å². The summed E-state index contributed by atoms with van der Waals surface area (Å²) in [7, 11) is -3.33. The topological polar surface area (TPSA) is 66.5 Å². The molecule has 1 unspecified atom stereocenters. The summed E-state index contributed by atoms with van der Waals surface area (Å²) in [5.74, 6) is -2.27. The monoisotopic (exact) mass is 380 g/mol. The number of benzene rings is 2. The van der Waals surface area contributed by atoms with E-state index in [0.717, 1.165) is 12.1 Å². The van der Waals surface area contributed by atoms with Gasteiger partial charge in [-0.1, -0.05) is 12.1 Å². The standard InChI is InChI=1S/C18H18F2N2O3S/c1-12(13-6-7-16(19)17(20)11-13)21-18(23)14-4-2-5-15(10-14)22-8-3-9-26(22,24)25/h2,4-7,10-12H,3,8-9H2,1H3,(H,21,23). The van der Waals surface area contributed by atoms with Crippen molar-refractivity contribution in [2.24, 2.45) is 0 Å². The molecule has 1 aliphatic rings. The second-order valence-electron chi connectivity index (χ2n) is 6.16. The van der Waals surface area contributed by atoms with Gasteiger partial charge in [-0.3, -0.25) is 9.10 Å². The summed E-state index contributed by atoms with van der Waals surface area (Å²) >= 11 is 0. The van der Waals surface area contributed by atoms with Crippen molar-refractivity contribution in [3.63, 3.8) is 0 Å². The van der Waals surface area contributed by atoms with Crippen molar-refractivity contribution < 1.29 is 22.0 Å². The molecule has 1 atom stereocenters. The molecule has 0 aliphatic carbocycles. The molecule has 2 aromatic carbocycles. The smallest absolute Gasteiger partial charge is 0.251 e. The van der Waals surface area contributed by atoms with Crippen molar-refractivity contribution in [2.45, 2.75) is 19.4 Å². The minimum absolute atomic E-state index is 0.0938. The number of carbonyl (C=O) groups is 1. The van der Waals surface area contributed by atoms with E-state index in [-0.39, 0.29) is 5.75 Å². The van der Waals surface area contributed by atoms with Crippen LogP contribution in [-0.4, -0.2) is 26.6 Å². The van der Waals surface area contributed by atoms with E-state index < -0.39 is 33.6 Å². The summed E-state index contributed by atoms with van der Waals surface area (Å²) in [4.78, 5) is 12.5. The van der Waals surface area contributed by atoms with Gasteiger partial charge in [0, 0.05) is 12.1 Å². The third-order valence-corrected chi connectivity index (χ3v) is 6.16. The third-order valence-electron chi connectivity index (χ3n) is 4.29. The molecule has 1 fully saturated rings. The van der Waals surface area contributed by atoms with Crippen LogP contribution < -0.4 is 9.62 Å². The van der Waals surface area contributed by atoms with Gasteiger partial charge < -0.3 is 5.32 Å². The molecule has 138 valence electrons. The van der Waals surface area contributed by atoms with Crippen molar-refractivity contribution in [2.75, 3.05) is 16.6 Å². The molecule has 1 amide bonds. The summed E-state index contributed by atoms with van der Waals surface area (Å²) in [6.45, 7) is 2.04. The zero-order valence-electron chi connectivity index (χ0n) is 14.1. The van der Waals surface area contributed by atoms with Crippen LogP contribution in [-0.2, 0) is 10.0 Å². The van der Waals surface area contributed by atoms with E-state index in [0.29, 0.717) is 29.8 Å². The van der Waals surface area contributed by atoms with Gasteiger partial charge in [0.25, 0.3) is 5.91 Å². The van der Waals surface area contributed by atoms with Gasteiger partial charge in [-0.25, -0.2) is 17.2 Å². The van der Waals surface area contributed by atoms with Gasteiger partial charge in [0.2, 0.25) is 10.0 Å². The van der Waals surface area contributed by atoms with Crippen LogP contribution in [0.25, 0.3) is 0 Å². The highest BCUT2D eigenvalue weighted by molar-refractivity contribution is 7.93. The van der Waals surface area contributed by atoms with Crippen LogP contribution in [0.2, 0.25) is 0 Å². The summed E-state index contributed by atoms with van der Waals surface area (Å²) in [5.41, 5.74) is 1.16. The van der Waals surface area contributed by atoms with Crippen LogP contribution in [0.15, 0.2) is 42.5 Å². The minimum atomic E-state index is -3.33. The van der Waals surface area contributed by atoms with Gasteiger partial charge in [0.15, 0.2) is 11.6 Å². The van der Waals surface area contributed by atoms with Gasteiger partial charge in [-0.15, -0.1) is 0 Å². The molecular formula is C18H18F2N2O3S. The largest absolute Gasteiger partial charge is 0.346 e. The molecule has 5 nitrogen and oxygen atoms in total. The predicted molar refractivity (Wildman–Crippen MR) is 94.4 cm³/mol. The van der Waals surface area contributed by atoms with Crippen LogP contribution in [0.4, 0.5) is 14.5 Å². The van der Waals surface area contributed by atoms with Gasteiger partial charge in [0.05, 0.1) is 17.5 Å². The lowest BCUT2D eigenvalue weighted by Gasteiger charge is -2.18. The average molecular weight is 380 g/mol. The number of sulfonamides is 1. The summed E-state index contributed by atoms with van der Waals surface area (Å²) in [6, 6.07) is 9.22. The number of nitrogens with one attached hydrogen (secondary N) is 1. The number of nitrogens with zero attached hydrogens (tertiary/aromatic N) is 1. The van der Waals surface area contributed by atoms with E-state index in [9.17, 15) is 22.0 Å². The lowest BCUT2D eigenvalue weighted by molar-refractivity contribution is 0.0940. The Morgan fingerprint density at radius 3 is 2.58 bits per heavy atom. The fourth-order valence-electron chi connectivity index (χ4n) is 2.88. The highest BCUT2D eigenvalue weighted by Gasteiger charge is 2.28. The second-order valence-corrected chi connectivity index (χ2v) is 8.17. The van der Waals surface area contributed by atoms with Crippen LogP contribution in [0.3, 0.4) is 0 Å². The van der Waals surface area contributed by atoms with Crippen LogP contribution in [0.5, 0.6) is 0 Å². The molecule has 0 spiro atoms. The molecular weight excluding hydrogens is 362 g/mol. The van der Waals surface area contributed by atoms with Crippen molar-refractivity contribution in [3.05, 3.63) is 65.2 Å². The highest BCUT2D eigenvalue weighted by Crippen LogP contribution is 2.25. The normalized spacial score (nSPS) is 17.1. The van der Waals surface area contributed by atoms with Gasteiger partial charge in [-0.2, -0.15) is 0 Å². The Morgan fingerprint density at radius 1 is 1.15 bits per heavy atom. The number of amides is 1. The van der Waals surface area contributed by atoms with Crippen molar-refractivity contribution in [1.29, 1.82) is 0 Å². The number of halogens is 2. The number of hydrogen-bond acceptors (Lipinski definition) is 3. The number of rotatable bonds is 4. The van der Waals surface area contributed by atoms with Gasteiger partial charge >= 0.3 is 0 Å². The maximum atomic E-state index is 13.3. The molecule has 0 radical (unpaired) electrons. The summed E-state index contributed by atoms with van der Waals surface area (Å²) in [5, 5.41) is 2.70. The molecule has 8 heteroatoms. The number of carbonyl (C=O) groups excluding carboxylic acids is 1. The van der Waals surface area contributed by atoms with Crippen molar-refractivity contribution in [3.8, 4) is 0 Å². The Morgan fingerprint density at radius 2 is 1.92 bits per heavy atom. The van der Waals surface area contributed by atoms with Crippen molar-refractivity contribution >= 4 is 21.6 Å². The fraction of sp³-hybridized carbons (Fsp3) is 0.278. The van der Waals surface area contributed by atoms with Crippen LogP contribution in [0, 0.1) is 11.6 Å². The molecule has 0 aromatic heterocycles.